The van der Waals surface area contributed by atoms with Crippen molar-refractivity contribution in [3.05, 3.63) is 28.7 Å². The number of halogens is 2. The molecule has 1 fully saturated rings. The number of hydrogen-bond acceptors (Lipinski definition) is 3. The summed E-state index contributed by atoms with van der Waals surface area (Å²) in [6.45, 7) is 4.46. The highest BCUT2D eigenvalue weighted by Crippen LogP contribution is 2.20. The summed E-state index contributed by atoms with van der Waals surface area (Å²) in [6, 6.07) is 7.56. The molecule has 22 heavy (non-hydrogen) atoms. The van der Waals surface area contributed by atoms with Gasteiger partial charge in [0.1, 0.15) is 5.75 Å². The number of nitrogens with one attached hydrogen (secondary N) is 1. The van der Waals surface area contributed by atoms with Gasteiger partial charge in [-0.1, -0.05) is 15.9 Å². The van der Waals surface area contributed by atoms with Crippen molar-refractivity contribution >= 4 is 34.2 Å². The Morgan fingerprint density at radius 3 is 2.77 bits per heavy atom. The minimum atomic E-state index is -0.445. The molecule has 0 bridgehead atoms. The highest BCUT2D eigenvalue weighted by molar-refractivity contribution is 9.10. The van der Waals surface area contributed by atoms with Gasteiger partial charge >= 0.3 is 0 Å². The smallest absolute Gasteiger partial charge is 0.263 e. The normalized spacial score (nSPS) is 19.2. The molecular weight excluding hydrogens is 368 g/mol. The number of rotatable bonds is 5. The molecule has 1 amide bonds. The summed E-state index contributed by atoms with van der Waals surface area (Å²) < 4.78 is 6.75. The molecule has 1 aliphatic heterocycles. The van der Waals surface area contributed by atoms with Gasteiger partial charge in [-0.25, -0.2) is 0 Å². The minimum absolute atomic E-state index is 0. The number of carbonyl (C=O) groups is 1. The Hall–Kier alpha value is -0.780. The van der Waals surface area contributed by atoms with Crippen molar-refractivity contribution in [2.24, 2.45) is 5.92 Å². The van der Waals surface area contributed by atoms with Crippen molar-refractivity contribution in [3.8, 4) is 5.75 Å². The number of piperidine rings is 1. The van der Waals surface area contributed by atoms with E-state index < -0.39 is 6.10 Å². The van der Waals surface area contributed by atoms with Gasteiger partial charge in [-0.05, 0) is 63.5 Å². The van der Waals surface area contributed by atoms with Gasteiger partial charge in [0.25, 0.3) is 5.91 Å². The van der Waals surface area contributed by atoms with Crippen molar-refractivity contribution in [1.29, 1.82) is 0 Å². The molecule has 0 saturated carbocycles. The second kappa shape index (κ2) is 9.38. The summed E-state index contributed by atoms with van der Waals surface area (Å²) in [6.07, 6.45) is 1.81. The Morgan fingerprint density at radius 1 is 1.45 bits per heavy atom. The molecular formula is C16H24BrClN2O2. The van der Waals surface area contributed by atoms with Gasteiger partial charge in [-0.2, -0.15) is 0 Å². The zero-order valence-electron chi connectivity index (χ0n) is 13.0. The fourth-order valence-corrected chi connectivity index (χ4v) is 3.01. The van der Waals surface area contributed by atoms with E-state index in [0.717, 1.165) is 36.3 Å². The van der Waals surface area contributed by atoms with Crippen LogP contribution in [0.4, 0.5) is 0 Å². The molecule has 1 heterocycles. The Morgan fingerprint density at radius 2 is 2.14 bits per heavy atom. The van der Waals surface area contributed by atoms with Crippen LogP contribution >= 0.6 is 28.3 Å². The van der Waals surface area contributed by atoms with Crippen molar-refractivity contribution in [3.63, 3.8) is 0 Å². The lowest BCUT2D eigenvalue weighted by Gasteiger charge is -2.34. The number of carbonyl (C=O) groups excluding carboxylic acids is 1. The highest BCUT2D eigenvalue weighted by Gasteiger charge is 2.27. The first kappa shape index (κ1) is 19.3. The topological polar surface area (TPSA) is 41.6 Å². The summed E-state index contributed by atoms with van der Waals surface area (Å²) >= 11 is 3.39. The third kappa shape index (κ3) is 5.45. The molecule has 0 aliphatic carbocycles. The molecule has 1 aromatic carbocycles. The molecule has 0 aromatic heterocycles. The van der Waals surface area contributed by atoms with Crippen LogP contribution in [0.25, 0.3) is 0 Å². The van der Waals surface area contributed by atoms with Crippen LogP contribution in [0.3, 0.4) is 0 Å². The second-order valence-electron chi connectivity index (χ2n) is 5.56. The lowest BCUT2D eigenvalue weighted by Crippen LogP contribution is -2.47. The molecule has 1 N–H and O–H groups in total. The van der Waals surface area contributed by atoms with E-state index >= 15 is 0 Å². The van der Waals surface area contributed by atoms with E-state index in [-0.39, 0.29) is 18.3 Å². The number of likely N-dealkylation sites (tertiary alicyclic amines) is 1. The SMILES string of the molecule is CNCC1CCCN(C(=O)C(C)Oc2ccc(Br)cc2)C1.Cl. The third-order valence-corrected chi connectivity index (χ3v) is 4.33. The van der Waals surface area contributed by atoms with Gasteiger partial charge in [0.05, 0.1) is 0 Å². The second-order valence-corrected chi connectivity index (χ2v) is 6.48. The predicted molar refractivity (Wildman–Crippen MR) is 94.7 cm³/mol. The van der Waals surface area contributed by atoms with E-state index in [1.54, 1.807) is 0 Å². The van der Waals surface area contributed by atoms with E-state index in [2.05, 4.69) is 21.2 Å². The summed E-state index contributed by atoms with van der Waals surface area (Å²) in [5, 5.41) is 3.20. The summed E-state index contributed by atoms with van der Waals surface area (Å²) in [5.41, 5.74) is 0. The van der Waals surface area contributed by atoms with Crippen LogP contribution in [0.5, 0.6) is 5.75 Å². The van der Waals surface area contributed by atoms with E-state index in [4.69, 9.17) is 4.74 Å². The quantitative estimate of drug-likeness (QED) is 0.838. The maximum atomic E-state index is 12.5. The van der Waals surface area contributed by atoms with Gasteiger partial charge in [0.2, 0.25) is 0 Å². The van der Waals surface area contributed by atoms with Crippen LogP contribution in [0, 0.1) is 5.92 Å². The fraction of sp³-hybridized carbons (Fsp3) is 0.562. The number of hydrogen-bond donors (Lipinski definition) is 1. The Labute approximate surface area is 147 Å². The van der Waals surface area contributed by atoms with Crippen LogP contribution in [-0.4, -0.2) is 43.6 Å². The zero-order chi connectivity index (χ0) is 15.2. The Kier molecular flexibility index (Phi) is 8.21. The number of benzene rings is 1. The van der Waals surface area contributed by atoms with Crippen LogP contribution < -0.4 is 10.1 Å². The fourth-order valence-electron chi connectivity index (χ4n) is 2.75. The van der Waals surface area contributed by atoms with Crippen molar-refractivity contribution in [1.82, 2.24) is 10.2 Å². The van der Waals surface area contributed by atoms with E-state index in [0.29, 0.717) is 5.92 Å². The molecule has 2 rings (SSSR count). The largest absolute Gasteiger partial charge is 0.481 e. The molecule has 1 aromatic rings. The molecule has 2 unspecified atom stereocenters. The van der Waals surface area contributed by atoms with Crippen LogP contribution in [-0.2, 0) is 4.79 Å². The molecule has 0 radical (unpaired) electrons. The van der Waals surface area contributed by atoms with Gasteiger partial charge in [-0.15, -0.1) is 12.4 Å². The Balaban J connectivity index is 0.00000242. The predicted octanol–water partition coefficient (Wildman–Crippen LogP) is 3.10. The number of amides is 1. The maximum absolute atomic E-state index is 12.5. The maximum Gasteiger partial charge on any atom is 0.263 e. The van der Waals surface area contributed by atoms with Gasteiger partial charge in [0.15, 0.2) is 6.10 Å². The standard InChI is InChI=1S/C16H23BrN2O2.ClH/c1-12(21-15-7-5-14(17)6-8-15)16(20)19-9-3-4-13(11-19)10-18-2;/h5-8,12-13,18H,3-4,9-11H2,1-2H3;1H. The number of nitrogens with zero attached hydrogens (tertiary/aromatic N) is 1. The van der Waals surface area contributed by atoms with Crippen LogP contribution in [0.2, 0.25) is 0 Å². The highest BCUT2D eigenvalue weighted by atomic mass is 79.9. The zero-order valence-corrected chi connectivity index (χ0v) is 15.5. The van der Waals surface area contributed by atoms with Gasteiger partial charge < -0.3 is 15.0 Å². The Bertz CT molecular complexity index is 468. The van der Waals surface area contributed by atoms with Crippen molar-refractivity contribution in [2.45, 2.75) is 25.9 Å². The number of ether oxygens (including phenoxy) is 1. The average Bonchev–Trinajstić information content (AvgIpc) is 2.49. The van der Waals surface area contributed by atoms with Crippen LogP contribution in [0.15, 0.2) is 28.7 Å². The lowest BCUT2D eigenvalue weighted by molar-refractivity contribution is -0.139. The van der Waals surface area contributed by atoms with E-state index in [1.165, 1.54) is 6.42 Å². The molecule has 2 atom stereocenters. The van der Waals surface area contributed by atoms with Crippen molar-refractivity contribution < 1.29 is 9.53 Å². The van der Waals surface area contributed by atoms with Crippen molar-refractivity contribution in [2.75, 3.05) is 26.7 Å². The molecule has 6 heteroatoms. The van der Waals surface area contributed by atoms with E-state index in [9.17, 15) is 4.79 Å². The summed E-state index contributed by atoms with van der Waals surface area (Å²) in [5.74, 6) is 1.36. The molecule has 4 nitrogen and oxygen atoms in total. The lowest BCUT2D eigenvalue weighted by atomic mass is 9.97. The first-order valence-electron chi connectivity index (χ1n) is 7.45. The first-order chi connectivity index (χ1) is 10.1. The summed E-state index contributed by atoms with van der Waals surface area (Å²) in [7, 11) is 1.96. The minimum Gasteiger partial charge on any atom is -0.481 e. The third-order valence-electron chi connectivity index (χ3n) is 3.80. The average molecular weight is 392 g/mol. The van der Waals surface area contributed by atoms with Gasteiger partial charge in [-0.3, -0.25) is 4.79 Å². The first-order valence-corrected chi connectivity index (χ1v) is 8.25. The van der Waals surface area contributed by atoms with E-state index in [1.807, 2.05) is 43.1 Å². The molecule has 1 saturated heterocycles. The molecule has 1 aliphatic rings. The van der Waals surface area contributed by atoms with Gasteiger partial charge in [0, 0.05) is 17.6 Å². The molecule has 124 valence electrons. The van der Waals surface area contributed by atoms with Crippen LogP contribution in [0.1, 0.15) is 19.8 Å². The summed E-state index contributed by atoms with van der Waals surface area (Å²) in [4.78, 5) is 14.4. The monoisotopic (exact) mass is 390 g/mol. The molecule has 0 spiro atoms.